The van der Waals surface area contributed by atoms with E-state index in [0.717, 1.165) is 30.1 Å². The molecule has 1 fully saturated rings. The molecular formula is C19H28N4O3. The molecule has 2 rings (SSSR count). The lowest BCUT2D eigenvalue weighted by Crippen LogP contribution is -2.44. The summed E-state index contributed by atoms with van der Waals surface area (Å²) in [6, 6.07) is 6.88. The number of benzene rings is 1. The average Bonchev–Trinajstić information content (AvgIpc) is 2.83. The van der Waals surface area contributed by atoms with E-state index in [4.69, 9.17) is 0 Å². The van der Waals surface area contributed by atoms with Gasteiger partial charge in [-0.2, -0.15) is 0 Å². The van der Waals surface area contributed by atoms with Crippen LogP contribution in [0.5, 0.6) is 0 Å². The number of carbonyl (C=O) groups is 3. The summed E-state index contributed by atoms with van der Waals surface area (Å²) in [5.41, 5.74) is 0.621. The molecule has 1 heterocycles. The first-order valence-corrected chi connectivity index (χ1v) is 9.02. The van der Waals surface area contributed by atoms with Gasteiger partial charge in [0.25, 0.3) is 5.91 Å². The molecule has 0 radical (unpaired) electrons. The fraction of sp³-hybridized carbons (Fsp3) is 0.526. The number of urea groups is 1. The van der Waals surface area contributed by atoms with Crippen molar-refractivity contribution in [2.24, 2.45) is 0 Å². The second-order valence-electron chi connectivity index (χ2n) is 6.69. The monoisotopic (exact) mass is 360 g/mol. The van der Waals surface area contributed by atoms with Gasteiger partial charge in [-0.15, -0.1) is 0 Å². The second kappa shape index (κ2) is 8.31. The van der Waals surface area contributed by atoms with Crippen molar-refractivity contribution in [2.75, 3.05) is 32.7 Å². The van der Waals surface area contributed by atoms with Crippen LogP contribution >= 0.6 is 0 Å². The van der Waals surface area contributed by atoms with Crippen LogP contribution in [-0.2, 0) is 15.1 Å². The van der Waals surface area contributed by atoms with Gasteiger partial charge in [0.15, 0.2) is 0 Å². The molecule has 1 unspecified atom stereocenters. The van der Waals surface area contributed by atoms with E-state index in [2.05, 4.69) is 29.4 Å². The SMILES string of the molecule is CCN(CC)CCNC(=O)CN1C(=O)NC(C)(c2ccc(C)cc2)C1=O. The third kappa shape index (κ3) is 4.22. The van der Waals surface area contributed by atoms with E-state index >= 15 is 0 Å². The zero-order valence-corrected chi connectivity index (χ0v) is 16.0. The van der Waals surface area contributed by atoms with E-state index in [-0.39, 0.29) is 12.5 Å². The van der Waals surface area contributed by atoms with Gasteiger partial charge in [-0.25, -0.2) is 4.79 Å². The summed E-state index contributed by atoms with van der Waals surface area (Å²) in [6.07, 6.45) is 0. The second-order valence-corrected chi connectivity index (χ2v) is 6.69. The number of nitrogens with one attached hydrogen (secondary N) is 2. The van der Waals surface area contributed by atoms with E-state index in [1.165, 1.54) is 0 Å². The fourth-order valence-electron chi connectivity index (χ4n) is 3.02. The summed E-state index contributed by atoms with van der Waals surface area (Å²) in [6.45, 7) is 10.5. The highest BCUT2D eigenvalue weighted by Crippen LogP contribution is 2.28. The van der Waals surface area contributed by atoms with E-state index in [0.29, 0.717) is 12.1 Å². The molecule has 1 aromatic rings. The predicted molar refractivity (Wildman–Crippen MR) is 99.6 cm³/mol. The Hall–Kier alpha value is -2.41. The van der Waals surface area contributed by atoms with E-state index in [1.807, 2.05) is 31.2 Å². The van der Waals surface area contributed by atoms with Crippen molar-refractivity contribution in [3.63, 3.8) is 0 Å². The minimum Gasteiger partial charge on any atom is -0.353 e. The van der Waals surface area contributed by atoms with Crippen molar-refractivity contribution in [1.82, 2.24) is 20.4 Å². The number of amides is 4. The van der Waals surface area contributed by atoms with Crippen molar-refractivity contribution in [3.05, 3.63) is 35.4 Å². The molecule has 0 saturated carbocycles. The summed E-state index contributed by atoms with van der Waals surface area (Å²) in [5.74, 6) is -0.751. The zero-order valence-electron chi connectivity index (χ0n) is 16.0. The highest BCUT2D eigenvalue weighted by atomic mass is 16.2. The first-order valence-electron chi connectivity index (χ1n) is 9.02. The molecule has 4 amide bonds. The van der Waals surface area contributed by atoms with E-state index in [9.17, 15) is 14.4 Å². The maximum atomic E-state index is 12.8. The van der Waals surface area contributed by atoms with Gasteiger partial charge in [-0.1, -0.05) is 43.7 Å². The molecule has 142 valence electrons. The van der Waals surface area contributed by atoms with Gasteiger partial charge in [-0.3, -0.25) is 14.5 Å². The molecule has 1 aliphatic rings. The van der Waals surface area contributed by atoms with Crippen LogP contribution in [0, 0.1) is 6.92 Å². The van der Waals surface area contributed by atoms with Crippen molar-refractivity contribution in [2.45, 2.75) is 33.2 Å². The van der Waals surface area contributed by atoms with Gasteiger partial charge in [0.2, 0.25) is 5.91 Å². The molecule has 1 aliphatic heterocycles. The predicted octanol–water partition coefficient (Wildman–Crippen LogP) is 1.22. The largest absolute Gasteiger partial charge is 0.353 e. The molecular weight excluding hydrogens is 332 g/mol. The standard InChI is InChI=1S/C19H28N4O3/c1-5-22(6-2)12-11-20-16(24)13-23-17(25)19(4,21-18(23)26)15-9-7-14(3)8-10-15/h7-10H,5-6,11-13H2,1-4H3,(H,20,24)(H,21,26). The molecule has 7 nitrogen and oxygen atoms in total. The normalized spacial score (nSPS) is 19.8. The minimum atomic E-state index is -1.15. The summed E-state index contributed by atoms with van der Waals surface area (Å²) in [7, 11) is 0. The Labute approximate surface area is 154 Å². The van der Waals surface area contributed by atoms with Gasteiger partial charge >= 0.3 is 6.03 Å². The van der Waals surface area contributed by atoms with Gasteiger partial charge in [0.1, 0.15) is 12.1 Å². The Morgan fingerprint density at radius 2 is 1.81 bits per heavy atom. The van der Waals surface area contributed by atoms with Crippen LogP contribution in [0.1, 0.15) is 31.9 Å². The first-order chi connectivity index (χ1) is 12.3. The first kappa shape index (κ1) is 19.9. The van der Waals surface area contributed by atoms with Crippen molar-refractivity contribution in [1.29, 1.82) is 0 Å². The highest BCUT2D eigenvalue weighted by Gasteiger charge is 2.49. The topological polar surface area (TPSA) is 81.8 Å². The van der Waals surface area contributed by atoms with Crippen molar-refractivity contribution >= 4 is 17.8 Å². The number of hydrogen-bond acceptors (Lipinski definition) is 4. The molecule has 0 bridgehead atoms. The molecule has 0 spiro atoms. The smallest absolute Gasteiger partial charge is 0.325 e. The van der Waals surface area contributed by atoms with Gasteiger partial charge < -0.3 is 15.5 Å². The van der Waals surface area contributed by atoms with Gasteiger partial charge in [-0.05, 0) is 32.5 Å². The van der Waals surface area contributed by atoms with Crippen LogP contribution in [0.4, 0.5) is 4.79 Å². The van der Waals surface area contributed by atoms with Crippen LogP contribution in [0.2, 0.25) is 0 Å². The lowest BCUT2D eigenvalue weighted by Gasteiger charge is -2.22. The Morgan fingerprint density at radius 1 is 1.19 bits per heavy atom. The average molecular weight is 360 g/mol. The molecule has 1 atom stereocenters. The Morgan fingerprint density at radius 3 is 2.38 bits per heavy atom. The third-order valence-corrected chi connectivity index (χ3v) is 4.85. The highest BCUT2D eigenvalue weighted by molar-refractivity contribution is 6.09. The van der Waals surface area contributed by atoms with Gasteiger partial charge in [0, 0.05) is 13.1 Å². The van der Waals surface area contributed by atoms with Crippen molar-refractivity contribution in [3.8, 4) is 0 Å². The van der Waals surface area contributed by atoms with Crippen LogP contribution < -0.4 is 10.6 Å². The van der Waals surface area contributed by atoms with Crippen LogP contribution in [0.25, 0.3) is 0 Å². The molecule has 0 aromatic heterocycles. The van der Waals surface area contributed by atoms with E-state index in [1.54, 1.807) is 6.92 Å². The van der Waals surface area contributed by atoms with Crippen LogP contribution in [0.3, 0.4) is 0 Å². The number of imide groups is 1. The Kier molecular flexibility index (Phi) is 6.37. The summed E-state index contributed by atoms with van der Waals surface area (Å²) >= 11 is 0. The van der Waals surface area contributed by atoms with Crippen LogP contribution in [0.15, 0.2) is 24.3 Å². The fourth-order valence-corrected chi connectivity index (χ4v) is 3.02. The van der Waals surface area contributed by atoms with E-state index < -0.39 is 17.5 Å². The molecule has 26 heavy (non-hydrogen) atoms. The number of carbonyl (C=O) groups excluding carboxylic acids is 3. The molecule has 0 aliphatic carbocycles. The quantitative estimate of drug-likeness (QED) is 0.683. The number of nitrogens with zero attached hydrogens (tertiary/aromatic N) is 2. The number of aryl methyl sites for hydroxylation is 1. The third-order valence-electron chi connectivity index (χ3n) is 4.85. The molecule has 1 saturated heterocycles. The van der Waals surface area contributed by atoms with Crippen molar-refractivity contribution < 1.29 is 14.4 Å². The maximum Gasteiger partial charge on any atom is 0.325 e. The zero-order chi connectivity index (χ0) is 19.3. The minimum absolute atomic E-state index is 0.273. The lowest BCUT2D eigenvalue weighted by molar-refractivity contribution is -0.134. The Bertz CT molecular complexity index is 670. The number of hydrogen-bond donors (Lipinski definition) is 2. The summed E-state index contributed by atoms with van der Waals surface area (Å²) in [4.78, 5) is 40.3. The van der Waals surface area contributed by atoms with Gasteiger partial charge in [0.05, 0.1) is 0 Å². The lowest BCUT2D eigenvalue weighted by atomic mass is 9.91. The molecule has 2 N–H and O–H groups in total. The number of rotatable bonds is 8. The maximum absolute atomic E-state index is 12.8. The molecule has 1 aromatic carbocycles. The summed E-state index contributed by atoms with van der Waals surface area (Å²) in [5, 5.41) is 5.48. The van der Waals surface area contributed by atoms with Crippen LogP contribution in [-0.4, -0.2) is 60.4 Å². The Balaban J connectivity index is 1.98. The molecule has 7 heteroatoms. The number of likely N-dealkylation sites (N-methyl/N-ethyl adjacent to an activating group) is 1. The summed E-state index contributed by atoms with van der Waals surface area (Å²) < 4.78 is 0.